The Labute approximate surface area is 233 Å². The normalized spacial score (nSPS) is 13.8. The molecule has 7 rings (SSSR count). The van der Waals surface area contributed by atoms with E-state index in [1.165, 1.54) is 11.3 Å². The third kappa shape index (κ3) is 4.38. The Kier molecular flexibility index (Phi) is 6.00. The second kappa shape index (κ2) is 9.84. The number of anilines is 1. The second-order valence-corrected chi connectivity index (χ2v) is 11.4. The number of ketones is 1. The first-order valence-electron chi connectivity index (χ1n) is 13.4. The number of H-pyrrole nitrogens is 2. The van der Waals surface area contributed by atoms with Gasteiger partial charge in [0.15, 0.2) is 5.78 Å². The summed E-state index contributed by atoms with van der Waals surface area (Å²) in [4.78, 5) is 38.7. The van der Waals surface area contributed by atoms with Gasteiger partial charge in [-0.25, -0.2) is 0 Å². The Morgan fingerprint density at radius 2 is 1.77 bits per heavy atom. The van der Waals surface area contributed by atoms with Crippen molar-refractivity contribution in [2.24, 2.45) is 5.92 Å². The van der Waals surface area contributed by atoms with E-state index in [1.807, 2.05) is 42.6 Å². The molecule has 6 aromatic rings. The van der Waals surface area contributed by atoms with E-state index in [9.17, 15) is 9.59 Å². The van der Waals surface area contributed by atoms with Crippen LogP contribution in [0.4, 0.5) is 5.69 Å². The van der Waals surface area contributed by atoms with E-state index >= 15 is 0 Å². The number of amides is 1. The predicted molar refractivity (Wildman–Crippen MR) is 158 cm³/mol. The summed E-state index contributed by atoms with van der Waals surface area (Å²) in [5, 5.41) is 12.8. The fraction of sp³-hybridized carbons (Fsp3) is 0.194. The van der Waals surface area contributed by atoms with Crippen LogP contribution in [0.15, 0.2) is 67.1 Å². The largest absolute Gasteiger partial charge is 0.353 e. The average molecular weight is 547 g/mol. The molecule has 1 saturated carbocycles. The maximum absolute atomic E-state index is 12.7. The Morgan fingerprint density at radius 3 is 2.60 bits per heavy atom. The zero-order valence-electron chi connectivity index (χ0n) is 21.8. The molecule has 3 N–H and O–H groups in total. The lowest BCUT2D eigenvalue weighted by molar-refractivity contribution is -0.119. The maximum Gasteiger partial charge on any atom is 0.227 e. The number of rotatable bonds is 6. The molecule has 0 bridgehead atoms. The van der Waals surface area contributed by atoms with Crippen LogP contribution in [-0.4, -0.2) is 36.8 Å². The SMILES string of the molecule is CC(=O)c1ccc(-c2nccc3[nH]c(-c4n[nH]c5ccc(-c6cncc(NC(=O)C7CCCC7)c6)cc45)cc23)s1. The van der Waals surface area contributed by atoms with Gasteiger partial charge in [-0.15, -0.1) is 11.3 Å². The van der Waals surface area contributed by atoms with Gasteiger partial charge >= 0.3 is 0 Å². The van der Waals surface area contributed by atoms with E-state index in [-0.39, 0.29) is 17.6 Å². The summed E-state index contributed by atoms with van der Waals surface area (Å²) < 4.78 is 0. The van der Waals surface area contributed by atoms with Crippen molar-refractivity contribution in [2.45, 2.75) is 32.6 Å². The van der Waals surface area contributed by atoms with Crippen molar-refractivity contribution >= 4 is 50.5 Å². The van der Waals surface area contributed by atoms with E-state index in [1.54, 1.807) is 19.3 Å². The highest BCUT2D eigenvalue weighted by Gasteiger charge is 2.23. The van der Waals surface area contributed by atoms with Crippen LogP contribution in [0.25, 0.3) is 54.9 Å². The maximum atomic E-state index is 12.7. The zero-order valence-corrected chi connectivity index (χ0v) is 22.6. The predicted octanol–water partition coefficient (Wildman–Crippen LogP) is 7.23. The molecule has 5 heterocycles. The van der Waals surface area contributed by atoms with E-state index in [2.05, 4.69) is 42.6 Å². The van der Waals surface area contributed by atoms with Crippen molar-refractivity contribution in [3.8, 4) is 33.1 Å². The number of pyridine rings is 2. The van der Waals surface area contributed by atoms with Crippen LogP contribution in [-0.2, 0) is 4.79 Å². The van der Waals surface area contributed by atoms with E-state index in [0.29, 0.717) is 10.6 Å². The second-order valence-electron chi connectivity index (χ2n) is 10.3. The summed E-state index contributed by atoms with van der Waals surface area (Å²) in [6.45, 7) is 1.58. The summed E-state index contributed by atoms with van der Waals surface area (Å²) in [6.07, 6.45) is 9.43. The Hall–Kier alpha value is -4.63. The smallest absolute Gasteiger partial charge is 0.227 e. The number of hydrogen-bond donors (Lipinski definition) is 3. The van der Waals surface area contributed by atoms with E-state index < -0.39 is 0 Å². The number of carbonyl (C=O) groups is 2. The lowest BCUT2D eigenvalue weighted by atomic mass is 10.0. The number of aromatic nitrogens is 5. The Bertz CT molecular complexity index is 1910. The van der Waals surface area contributed by atoms with Crippen molar-refractivity contribution in [2.75, 3.05) is 5.32 Å². The molecule has 0 saturated heterocycles. The molecule has 0 atom stereocenters. The van der Waals surface area contributed by atoms with Crippen LogP contribution in [0, 0.1) is 5.92 Å². The average Bonchev–Trinajstić information content (AvgIpc) is 3.78. The van der Waals surface area contributed by atoms with E-state index in [0.717, 1.165) is 80.6 Å². The molecular weight excluding hydrogens is 520 g/mol. The standard InChI is InChI=1S/C31H26N6O2S/c1-17(38)27-8-9-28(40-27)30-23-14-26(35-24(23)10-11-33-30)29-22-13-19(6-7-25(22)36-37-29)20-12-21(16-32-15-20)34-31(39)18-4-2-3-5-18/h6-16,18,35H,2-5H2,1H3,(H,34,39)(H,36,37). The molecule has 0 aliphatic heterocycles. The summed E-state index contributed by atoms with van der Waals surface area (Å²) in [5.41, 5.74) is 6.96. The van der Waals surface area contributed by atoms with Gasteiger partial charge in [0, 0.05) is 40.2 Å². The molecule has 9 heteroatoms. The first-order valence-corrected chi connectivity index (χ1v) is 14.2. The number of Topliss-reactive ketones (excluding diaryl/α,β-unsaturated/α-hetero) is 1. The van der Waals surface area contributed by atoms with Crippen molar-refractivity contribution in [3.05, 3.63) is 72.0 Å². The molecule has 1 aliphatic carbocycles. The topological polar surface area (TPSA) is 116 Å². The zero-order chi connectivity index (χ0) is 27.2. The van der Waals surface area contributed by atoms with Gasteiger partial charge in [0.2, 0.25) is 5.91 Å². The van der Waals surface area contributed by atoms with Gasteiger partial charge in [-0.05, 0) is 67.8 Å². The Morgan fingerprint density at radius 1 is 0.925 bits per heavy atom. The first kappa shape index (κ1) is 24.4. The van der Waals surface area contributed by atoms with Crippen LogP contribution < -0.4 is 5.32 Å². The number of fused-ring (bicyclic) bond motifs is 2. The molecule has 198 valence electrons. The monoisotopic (exact) mass is 546 g/mol. The van der Waals surface area contributed by atoms with Gasteiger partial charge < -0.3 is 10.3 Å². The number of benzene rings is 1. The highest BCUT2D eigenvalue weighted by molar-refractivity contribution is 7.17. The minimum absolute atomic E-state index is 0.0499. The number of hydrogen-bond acceptors (Lipinski definition) is 6. The van der Waals surface area contributed by atoms with Crippen LogP contribution in [0.1, 0.15) is 42.3 Å². The van der Waals surface area contributed by atoms with Crippen molar-refractivity contribution in [1.29, 1.82) is 0 Å². The molecule has 40 heavy (non-hydrogen) atoms. The number of nitrogens with one attached hydrogen (secondary N) is 3. The van der Waals surface area contributed by atoms with E-state index in [4.69, 9.17) is 0 Å². The number of thiophene rings is 1. The molecule has 1 fully saturated rings. The molecule has 1 amide bonds. The van der Waals surface area contributed by atoms with Crippen LogP contribution in [0.5, 0.6) is 0 Å². The van der Waals surface area contributed by atoms with Crippen molar-refractivity contribution < 1.29 is 9.59 Å². The number of nitrogens with zero attached hydrogens (tertiary/aromatic N) is 3. The van der Waals surface area contributed by atoms with Crippen LogP contribution >= 0.6 is 11.3 Å². The third-order valence-corrected chi connectivity index (χ3v) is 8.81. The lowest BCUT2D eigenvalue weighted by Crippen LogP contribution is -2.20. The molecule has 0 radical (unpaired) electrons. The molecule has 0 unspecified atom stereocenters. The van der Waals surface area contributed by atoms with Crippen LogP contribution in [0.2, 0.25) is 0 Å². The summed E-state index contributed by atoms with van der Waals surface area (Å²) in [5.74, 6) is 0.224. The third-order valence-electron chi connectivity index (χ3n) is 7.62. The fourth-order valence-electron chi connectivity index (χ4n) is 5.53. The minimum Gasteiger partial charge on any atom is -0.353 e. The molecule has 0 spiro atoms. The molecule has 1 aromatic carbocycles. The minimum atomic E-state index is 0.0499. The summed E-state index contributed by atoms with van der Waals surface area (Å²) >= 11 is 1.45. The summed E-state index contributed by atoms with van der Waals surface area (Å²) in [6, 6.07) is 15.9. The molecular formula is C31H26N6O2S. The van der Waals surface area contributed by atoms with Crippen molar-refractivity contribution in [1.82, 2.24) is 25.1 Å². The van der Waals surface area contributed by atoms with Crippen molar-refractivity contribution in [3.63, 3.8) is 0 Å². The highest BCUT2D eigenvalue weighted by atomic mass is 32.1. The van der Waals surface area contributed by atoms with Gasteiger partial charge in [-0.2, -0.15) is 5.10 Å². The molecule has 8 nitrogen and oxygen atoms in total. The van der Waals surface area contributed by atoms with Gasteiger partial charge in [0.05, 0.1) is 38.5 Å². The number of carbonyl (C=O) groups excluding carboxylic acids is 2. The summed E-state index contributed by atoms with van der Waals surface area (Å²) in [7, 11) is 0. The van der Waals surface area contributed by atoms with Gasteiger partial charge in [-0.3, -0.25) is 24.7 Å². The lowest BCUT2D eigenvalue weighted by Gasteiger charge is -2.11. The number of aromatic amines is 2. The van der Waals surface area contributed by atoms with Gasteiger partial charge in [0.25, 0.3) is 0 Å². The quantitative estimate of drug-likeness (QED) is 0.191. The first-order chi connectivity index (χ1) is 19.5. The fourth-order valence-corrected chi connectivity index (χ4v) is 6.44. The van der Waals surface area contributed by atoms with Crippen LogP contribution in [0.3, 0.4) is 0 Å². The van der Waals surface area contributed by atoms with Gasteiger partial charge in [-0.1, -0.05) is 18.9 Å². The Balaban J connectivity index is 1.24. The molecule has 5 aromatic heterocycles. The van der Waals surface area contributed by atoms with Gasteiger partial charge in [0.1, 0.15) is 5.69 Å². The highest BCUT2D eigenvalue weighted by Crippen LogP contribution is 2.36. The molecule has 1 aliphatic rings.